The van der Waals surface area contributed by atoms with Crippen LogP contribution in [0.25, 0.3) is 16.9 Å². The van der Waals surface area contributed by atoms with Crippen LogP contribution in [-0.4, -0.2) is 33.7 Å². The molecule has 0 unspecified atom stereocenters. The summed E-state index contributed by atoms with van der Waals surface area (Å²) in [5.74, 6) is 0.0704. The highest BCUT2D eigenvalue weighted by Gasteiger charge is 2.25. The van der Waals surface area contributed by atoms with E-state index in [0.717, 1.165) is 54.0 Å². The molecule has 1 amide bonds. The quantitative estimate of drug-likeness (QED) is 0.647. The number of aromatic nitrogens is 2. The summed E-state index contributed by atoms with van der Waals surface area (Å²) in [7, 11) is 0. The van der Waals surface area contributed by atoms with Gasteiger partial charge in [-0.05, 0) is 81.0 Å². The average molecular weight is 374 g/mol. The van der Waals surface area contributed by atoms with Gasteiger partial charge in [0.25, 0.3) is 5.91 Å². The normalized spacial score (nSPS) is 13.9. The van der Waals surface area contributed by atoms with Crippen LogP contribution in [0.15, 0.2) is 42.5 Å². The maximum Gasteiger partial charge on any atom is 0.272 e. The molecule has 1 fully saturated rings. The van der Waals surface area contributed by atoms with Crippen LogP contribution >= 0.6 is 0 Å². The topological polar surface area (TPSA) is 38.1 Å². The van der Waals surface area contributed by atoms with Gasteiger partial charge in [0.05, 0.1) is 11.4 Å². The third-order valence-electron chi connectivity index (χ3n) is 5.72. The fourth-order valence-corrected chi connectivity index (χ4v) is 3.79. The second kappa shape index (κ2) is 7.27. The Labute approximate surface area is 166 Å². The Balaban J connectivity index is 1.87. The highest BCUT2D eigenvalue weighted by atomic mass is 16.2. The van der Waals surface area contributed by atoms with Crippen LogP contribution in [0.4, 0.5) is 0 Å². The average Bonchev–Trinajstić information content (AvgIpc) is 3.35. The third kappa shape index (κ3) is 3.35. The van der Waals surface area contributed by atoms with Gasteiger partial charge < -0.3 is 4.90 Å². The number of carbonyl (C=O) groups is 1. The molecule has 1 aliphatic heterocycles. The van der Waals surface area contributed by atoms with E-state index < -0.39 is 0 Å². The zero-order valence-corrected chi connectivity index (χ0v) is 17.1. The van der Waals surface area contributed by atoms with Crippen molar-refractivity contribution >= 4 is 5.91 Å². The molecule has 4 nitrogen and oxygen atoms in total. The van der Waals surface area contributed by atoms with E-state index in [1.54, 1.807) is 0 Å². The minimum absolute atomic E-state index is 0.0704. The number of rotatable bonds is 3. The zero-order chi connectivity index (χ0) is 19.8. The highest BCUT2D eigenvalue weighted by molar-refractivity contribution is 5.94. The van der Waals surface area contributed by atoms with Gasteiger partial charge in [0.15, 0.2) is 0 Å². The van der Waals surface area contributed by atoms with Crippen LogP contribution in [0, 0.1) is 27.7 Å². The van der Waals surface area contributed by atoms with Crippen molar-refractivity contribution < 1.29 is 4.79 Å². The van der Waals surface area contributed by atoms with Crippen molar-refractivity contribution in [3.8, 4) is 16.9 Å². The van der Waals surface area contributed by atoms with Gasteiger partial charge in [0.2, 0.25) is 0 Å². The first-order valence-electron chi connectivity index (χ1n) is 9.98. The molecule has 0 radical (unpaired) electrons. The fraction of sp³-hybridized carbons (Fsp3) is 0.333. The van der Waals surface area contributed by atoms with Crippen LogP contribution in [0.1, 0.15) is 45.6 Å². The maximum absolute atomic E-state index is 13.3. The van der Waals surface area contributed by atoms with Gasteiger partial charge in [-0.1, -0.05) is 24.3 Å². The van der Waals surface area contributed by atoms with Gasteiger partial charge in [-0.15, -0.1) is 0 Å². The molecule has 144 valence electrons. The summed E-state index contributed by atoms with van der Waals surface area (Å²) in [6.07, 6.45) is 2.15. The van der Waals surface area contributed by atoms with Crippen LogP contribution in [0.2, 0.25) is 0 Å². The van der Waals surface area contributed by atoms with Crippen LogP contribution < -0.4 is 0 Å². The highest BCUT2D eigenvalue weighted by Crippen LogP contribution is 2.27. The van der Waals surface area contributed by atoms with Crippen molar-refractivity contribution in [3.63, 3.8) is 0 Å². The Morgan fingerprint density at radius 3 is 2.29 bits per heavy atom. The Kier molecular flexibility index (Phi) is 4.80. The molecule has 2 heterocycles. The summed E-state index contributed by atoms with van der Waals surface area (Å²) in [6, 6.07) is 14.6. The van der Waals surface area contributed by atoms with Gasteiger partial charge in [0.1, 0.15) is 5.69 Å². The zero-order valence-electron chi connectivity index (χ0n) is 17.1. The van der Waals surface area contributed by atoms with Crippen molar-refractivity contribution in [1.29, 1.82) is 0 Å². The molecule has 1 saturated heterocycles. The van der Waals surface area contributed by atoms with E-state index in [4.69, 9.17) is 5.10 Å². The summed E-state index contributed by atoms with van der Waals surface area (Å²) in [5.41, 5.74) is 8.24. The number of hydrogen-bond donors (Lipinski definition) is 0. The molecule has 3 aromatic rings. The maximum atomic E-state index is 13.3. The first kappa shape index (κ1) is 18.5. The minimum atomic E-state index is 0.0704. The molecule has 0 atom stereocenters. The van der Waals surface area contributed by atoms with E-state index in [1.807, 2.05) is 15.6 Å². The predicted octanol–water partition coefficient (Wildman–Crippen LogP) is 5.01. The number of carbonyl (C=O) groups excluding carboxylic acids is 1. The molecule has 2 aromatic carbocycles. The van der Waals surface area contributed by atoms with Crippen molar-refractivity contribution in [2.24, 2.45) is 0 Å². The van der Waals surface area contributed by atoms with E-state index >= 15 is 0 Å². The third-order valence-corrected chi connectivity index (χ3v) is 5.72. The van der Waals surface area contributed by atoms with Gasteiger partial charge in [-0.25, -0.2) is 4.68 Å². The summed E-state index contributed by atoms with van der Waals surface area (Å²) in [6.45, 7) is 10.0. The first-order chi connectivity index (χ1) is 13.4. The lowest BCUT2D eigenvalue weighted by Gasteiger charge is -2.17. The Morgan fingerprint density at radius 1 is 0.857 bits per heavy atom. The molecule has 4 rings (SSSR count). The molecule has 1 aromatic heterocycles. The van der Waals surface area contributed by atoms with Gasteiger partial charge in [-0.3, -0.25) is 4.79 Å². The number of hydrogen-bond acceptors (Lipinski definition) is 2. The summed E-state index contributed by atoms with van der Waals surface area (Å²) in [4.78, 5) is 15.2. The molecule has 1 aliphatic rings. The molecule has 0 saturated carbocycles. The Hall–Kier alpha value is -2.88. The van der Waals surface area contributed by atoms with Crippen molar-refractivity contribution in [3.05, 3.63) is 70.4 Å². The molecule has 0 bridgehead atoms. The summed E-state index contributed by atoms with van der Waals surface area (Å²) < 4.78 is 1.84. The van der Waals surface area contributed by atoms with E-state index in [9.17, 15) is 4.79 Å². The lowest BCUT2D eigenvalue weighted by atomic mass is 10.0. The summed E-state index contributed by atoms with van der Waals surface area (Å²) >= 11 is 0. The van der Waals surface area contributed by atoms with Gasteiger partial charge in [0, 0.05) is 18.7 Å². The minimum Gasteiger partial charge on any atom is -0.337 e. The number of aryl methyl sites for hydroxylation is 4. The Bertz CT molecular complexity index is 1040. The number of nitrogens with zero attached hydrogens (tertiary/aromatic N) is 3. The summed E-state index contributed by atoms with van der Waals surface area (Å²) in [5, 5.41) is 4.89. The second-order valence-corrected chi connectivity index (χ2v) is 7.91. The molecule has 0 aliphatic carbocycles. The van der Waals surface area contributed by atoms with Crippen molar-refractivity contribution in [1.82, 2.24) is 14.7 Å². The standard InChI is InChI=1S/C24H27N3O/c1-16-7-8-18(3)22(13-16)27-23(24(28)26-11-5-6-12-26)15-21(25-27)20-10-9-17(2)19(4)14-20/h7-10,13-15H,5-6,11-12H2,1-4H3. The van der Waals surface area contributed by atoms with Crippen LogP contribution in [0.3, 0.4) is 0 Å². The molecule has 0 N–H and O–H groups in total. The number of amides is 1. The predicted molar refractivity (Wildman–Crippen MR) is 113 cm³/mol. The lowest BCUT2D eigenvalue weighted by molar-refractivity contribution is 0.0784. The van der Waals surface area contributed by atoms with Crippen molar-refractivity contribution in [2.45, 2.75) is 40.5 Å². The number of benzene rings is 2. The van der Waals surface area contributed by atoms with E-state index in [1.165, 1.54) is 11.1 Å². The smallest absolute Gasteiger partial charge is 0.272 e. The second-order valence-electron chi connectivity index (χ2n) is 7.91. The number of likely N-dealkylation sites (tertiary alicyclic amines) is 1. The Morgan fingerprint density at radius 2 is 1.57 bits per heavy atom. The van der Waals surface area contributed by atoms with Crippen LogP contribution in [-0.2, 0) is 0 Å². The van der Waals surface area contributed by atoms with Crippen molar-refractivity contribution in [2.75, 3.05) is 13.1 Å². The molecule has 28 heavy (non-hydrogen) atoms. The van der Waals surface area contributed by atoms with Crippen LogP contribution in [0.5, 0.6) is 0 Å². The largest absolute Gasteiger partial charge is 0.337 e. The molecular formula is C24H27N3O. The van der Waals surface area contributed by atoms with Gasteiger partial charge >= 0.3 is 0 Å². The molecular weight excluding hydrogens is 346 g/mol. The molecule has 0 spiro atoms. The van der Waals surface area contributed by atoms with E-state index in [0.29, 0.717) is 5.69 Å². The fourth-order valence-electron chi connectivity index (χ4n) is 3.79. The van der Waals surface area contributed by atoms with Gasteiger partial charge in [-0.2, -0.15) is 5.10 Å². The van der Waals surface area contributed by atoms with E-state index in [-0.39, 0.29) is 5.91 Å². The molecule has 4 heteroatoms. The van der Waals surface area contributed by atoms with E-state index in [2.05, 4.69) is 64.1 Å². The lowest BCUT2D eigenvalue weighted by Crippen LogP contribution is -2.29. The monoisotopic (exact) mass is 373 g/mol. The first-order valence-corrected chi connectivity index (χ1v) is 9.98. The SMILES string of the molecule is Cc1ccc(C)c(-n2nc(-c3ccc(C)c(C)c3)cc2C(=O)N2CCCC2)c1.